The predicted molar refractivity (Wildman–Crippen MR) is 101 cm³/mol. The van der Waals surface area contributed by atoms with Crippen LogP contribution in [0.25, 0.3) is 0 Å². The number of anilines is 1. The van der Waals surface area contributed by atoms with Crippen LogP contribution in [0.4, 0.5) is 14.5 Å². The third-order valence-corrected chi connectivity index (χ3v) is 4.08. The van der Waals surface area contributed by atoms with E-state index in [1.165, 1.54) is 26.2 Å². The number of carbonyl (C=O) groups is 2. The fourth-order valence-corrected chi connectivity index (χ4v) is 2.64. The van der Waals surface area contributed by atoms with Crippen LogP contribution in [0.1, 0.15) is 17.3 Å². The first-order valence-corrected chi connectivity index (χ1v) is 8.91. The first kappa shape index (κ1) is 21.2. The van der Waals surface area contributed by atoms with Crippen LogP contribution in [0, 0.1) is 0 Å². The molecule has 0 aromatic heterocycles. The zero-order valence-electron chi connectivity index (χ0n) is 16.1. The number of carbonyl (C=O) groups excluding carboxylic acids is 2. The van der Waals surface area contributed by atoms with Crippen LogP contribution in [-0.4, -0.2) is 44.9 Å². The minimum atomic E-state index is -3.04. The molecule has 30 heavy (non-hydrogen) atoms. The lowest BCUT2D eigenvalue weighted by molar-refractivity contribution is -0.123. The minimum absolute atomic E-state index is 0.00689. The lowest BCUT2D eigenvalue weighted by atomic mass is 10.2. The SMILES string of the molecule is COc1cc(C(=O)OC(C)C(=O)Nc2ccc3c(c2)OCCO3)ccc1OC(F)F. The number of alkyl halides is 2. The smallest absolute Gasteiger partial charge is 0.387 e. The van der Waals surface area contributed by atoms with Crippen molar-refractivity contribution >= 4 is 17.6 Å². The van der Waals surface area contributed by atoms with E-state index >= 15 is 0 Å². The van der Waals surface area contributed by atoms with Gasteiger partial charge in [0.2, 0.25) is 0 Å². The van der Waals surface area contributed by atoms with Crippen LogP contribution in [0.15, 0.2) is 36.4 Å². The standard InChI is InChI=1S/C20H19F2NO7/c1-11(18(24)23-13-4-6-14-17(10-13)28-8-7-27-14)29-19(25)12-3-5-15(30-20(21)22)16(9-12)26-2/h3-6,9-11,20H,7-8H2,1-2H3,(H,23,24). The molecule has 10 heteroatoms. The molecular weight excluding hydrogens is 404 g/mol. The Bertz CT molecular complexity index is 935. The fraction of sp³-hybridized carbons (Fsp3) is 0.300. The molecule has 160 valence electrons. The van der Waals surface area contributed by atoms with E-state index in [0.29, 0.717) is 30.4 Å². The molecule has 1 aliphatic rings. The average molecular weight is 423 g/mol. The Hall–Kier alpha value is -3.56. The molecule has 1 atom stereocenters. The van der Waals surface area contributed by atoms with E-state index in [-0.39, 0.29) is 17.1 Å². The molecule has 0 saturated carbocycles. The molecule has 2 aromatic carbocycles. The Labute approximate surface area is 170 Å². The zero-order chi connectivity index (χ0) is 21.7. The first-order valence-electron chi connectivity index (χ1n) is 8.91. The number of benzene rings is 2. The number of esters is 1. The van der Waals surface area contributed by atoms with E-state index in [0.717, 1.165) is 6.07 Å². The van der Waals surface area contributed by atoms with Crippen LogP contribution in [-0.2, 0) is 9.53 Å². The second-order valence-corrected chi connectivity index (χ2v) is 6.14. The summed E-state index contributed by atoms with van der Waals surface area (Å²) in [7, 11) is 1.24. The fourth-order valence-electron chi connectivity index (χ4n) is 2.64. The highest BCUT2D eigenvalue weighted by Gasteiger charge is 2.22. The Morgan fingerprint density at radius 3 is 2.47 bits per heavy atom. The molecule has 1 unspecified atom stereocenters. The quantitative estimate of drug-likeness (QED) is 0.684. The van der Waals surface area contributed by atoms with Crippen molar-refractivity contribution < 1.29 is 42.1 Å². The number of methoxy groups -OCH3 is 1. The van der Waals surface area contributed by atoms with Gasteiger partial charge in [0.1, 0.15) is 13.2 Å². The van der Waals surface area contributed by atoms with Gasteiger partial charge in [0, 0.05) is 11.8 Å². The number of ether oxygens (including phenoxy) is 5. The molecule has 0 fully saturated rings. The third kappa shape index (κ3) is 5.07. The second kappa shape index (κ2) is 9.29. The van der Waals surface area contributed by atoms with Crippen molar-refractivity contribution in [3.8, 4) is 23.0 Å². The van der Waals surface area contributed by atoms with Gasteiger partial charge in [0.25, 0.3) is 5.91 Å². The summed E-state index contributed by atoms with van der Waals surface area (Å²) in [6.45, 7) is -0.785. The molecule has 1 N–H and O–H groups in total. The Balaban J connectivity index is 1.63. The summed E-state index contributed by atoms with van der Waals surface area (Å²) in [5.74, 6) is -0.619. The van der Waals surface area contributed by atoms with Crippen molar-refractivity contribution in [2.75, 3.05) is 25.6 Å². The number of nitrogens with one attached hydrogen (secondary N) is 1. The first-order chi connectivity index (χ1) is 14.4. The highest BCUT2D eigenvalue weighted by Crippen LogP contribution is 2.33. The summed E-state index contributed by atoms with van der Waals surface area (Å²) in [6.07, 6.45) is -1.13. The van der Waals surface area contributed by atoms with Gasteiger partial charge in [-0.1, -0.05) is 0 Å². The van der Waals surface area contributed by atoms with E-state index in [2.05, 4.69) is 10.1 Å². The lowest BCUT2D eigenvalue weighted by Crippen LogP contribution is -2.30. The van der Waals surface area contributed by atoms with Gasteiger partial charge in [-0.15, -0.1) is 0 Å². The monoisotopic (exact) mass is 423 g/mol. The summed E-state index contributed by atoms with van der Waals surface area (Å²) in [4.78, 5) is 24.7. The molecule has 0 radical (unpaired) electrons. The minimum Gasteiger partial charge on any atom is -0.493 e. The molecular formula is C20H19F2NO7. The summed E-state index contributed by atoms with van der Waals surface area (Å²) in [5, 5.41) is 2.62. The van der Waals surface area contributed by atoms with Gasteiger partial charge in [0.15, 0.2) is 29.1 Å². The molecule has 2 aromatic rings. The number of halogens is 2. The second-order valence-electron chi connectivity index (χ2n) is 6.14. The summed E-state index contributed by atoms with van der Waals surface area (Å²) in [5.41, 5.74) is 0.453. The Kier molecular flexibility index (Phi) is 6.55. The molecule has 1 aliphatic heterocycles. The summed E-state index contributed by atoms with van der Waals surface area (Å²) < 4.78 is 50.1. The summed E-state index contributed by atoms with van der Waals surface area (Å²) >= 11 is 0. The molecule has 0 spiro atoms. The van der Waals surface area contributed by atoms with Crippen molar-refractivity contribution in [2.45, 2.75) is 19.6 Å². The van der Waals surface area contributed by atoms with Gasteiger partial charge in [-0.3, -0.25) is 4.79 Å². The number of rotatable bonds is 7. The molecule has 0 saturated heterocycles. The number of hydrogen-bond donors (Lipinski definition) is 1. The molecule has 3 rings (SSSR count). The molecule has 0 bridgehead atoms. The normalized spacial score (nSPS) is 13.4. The van der Waals surface area contributed by atoms with Crippen LogP contribution >= 0.6 is 0 Å². The topological polar surface area (TPSA) is 92.3 Å². The van der Waals surface area contributed by atoms with Gasteiger partial charge in [-0.05, 0) is 37.3 Å². The number of hydrogen-bond acceptors (Lipinski definition) is 7. The van der Waals surface area contributed by atoms with Gasteiger partial charge in [0.05, 0.1) is 12.7 Å². The van der Waals surface area contributed by atoms with E-state index in [9.17, 15) is 18.4 Å². The number of fused-ring (bicyclic) bond motifs is 1. The Morgan fingerprint density at radius 1 is 1.03 bits per heavy atom. The zero-order valence-corrected chi connectivity index (χ0v) is 16.1. The molecule has 1 amide bonds. The van der Waals surface area contributed by atoms with Crippen molar-refractivity contribution in [1.29, 1.82) is 0 Å². The maximum atomic E-state index is 12.4. The predicted octanol–water partition coefficient (Wildman–Crippen LogP) is 3.25. The highest BCUT2D eigenvalue weighted by atomic mass is 19.3. The van der Waals surface area contributed by atoms with Crippen LogP contribution in [0.3, 0.4) is 0 Å². The van der Waals surface area contributed by atoms with Crippen LogP contribution in [0.5, 0.6) is 23.0 Å². The van der Waals surface area contributed by atoms with E-state index in [4.69, 9.17) is 18.9 Å². The van der Waals surface area contributed by atoms with Crippen molar-refractivity contribution in [2.24, 2.45) is 0 Å². The average Bonchev–Trinajstić information content (AvgIpc) is 2.73. The van der Waals surface area contributed by atoms with Gasteiger partial charge < -0.3 is 29.0 Å². The third-order valence-electron chi connectivity index (χ3n) is 4.08. The maximum absolute atomic E-state index is 12.4. The Morgan fingerprint density at radius 2 is 1.77 bits per heavy atom. The molecule has 1 heterocycles. The van der Waals surface area contributed by atoms with Crippen LogP contribution < -0.4 is 24.3 Å². The molecule has 8 nitrogen and oxygen atoms in total. The molecule has 0 aliphatic carbocycles. The van der Waals surface area contributed by atoms with Crippen molar-refractivity contribution in [3.05, 3.63) is 42.0 Å². The van der Waals surface area contributed by atoms with E-state index in [1.807, 2.05) is 0 Å². The van der Waals surface area contributed by atoms with Gasteiger partial charge in [-0.25, -0.2) is 4.79 Å². The van der Waals surface area contributed by atoms with E-state index < -0.39 is 24.6 Å². The van der Waals surface area contributed by atoms with Crippen molar-refractivity contribution in [3.63, 3.8) is 0 Å². The number of amides is 1. The maximum Gasteiger partial charge on any atom is 0.387 e. The van der Waals surface area contributed by atoms with Crippen molar-refractivity contribution in [1.82, 2.24) is 0 Å². The van der Waals surface area contributed by atoms with E-state index in [1.54, 1.807) is 18.2 Å². The largest absolute Gasteiger partial charge is 0.493 e. The van der Waals surface area contributed by atoms with Gasteiger partial charge in [-0.2, -0.15) is 8.78 Å². The highest BCUT2D eigenvalue weighted by molar-refractivity contribution is 5.97. The summed E-state index contributed by atoms with van der Waals surface area (Å²) in [6, 6.07) is 8.47. The lowest BCUT2D eigenvalue weighted by Gasteiger charge is -2.19. The van der Waals surface area contributed by atoms with Gasteiger partial charge >= 0.3 is 12.6 Å². The van der Waals surface area contributed by atoms with Crippen LogP contribution in [0.2, 0.25) is 0 Å².